The van der Waals surface area contributed by atoms with Crippen molar-refractivity contribution in [2.24, 2.45) is 0 Å². The predicted molar refractivity (Wildman–Crippen MR) is 67.8 cm³/mol. The molecule has 0 aromatic heterocycles. The third-order valence-corrected chi connectivity index (χ3v) is 2.67. The molecule has 0 fully saturated rings. The SMILES string of the molecule is Cc1cccc(C)c1Oc1ccccc1C=O. The number of rotatable bonds is 3. The van der Waals surface area contributed by atoms with Crippen LogP contribution in [0, 0.1) is 13.8 Å². The van der Waals surface area contributed by atoms with Crippen molar-refractivity contribution in [3.05, 3.63) is 59.2 Å². The molecule has 0 atom stereocenters. The molecule has 0 amide bonds. The first kappa shape index (κ1) is 11.4. The minimum absolute atomic E-state index is 0.565. The van der Waals surface area contributed by atoms with Gasteiger partial charge in [0.05, 0.1) is 5.56 Å². The molecule has 17 heavy (non-hydrogen) atoms. The van der Waals surface area contributed by atoms with Crippen LogP contribution in [0.3, 0.4) is 0 Å². The zero-order chi connectivity index (χ0) is 12.3. The molecule has 0 saturated heterocycles. The number of hydrogen-bond acceptors (Lipinski definition) is 2. The summed E-state index contributed by atoms with van der Waals surface area (Å²) in [5.41, 5.74) is 2.69. The maximum atomic E-state index is 10.9. The maximum Gasteiger partial charge on any atom is 0.153 e. The average Bonchev–Trinajstić information content (AvgIpc) is 2.34. The van der Waals surface area contributed by atoms with Gasteiger partial charge in [-0.3, -0.25) is 4.79 Å². The first-order valence-electron chi connectivity index (χ1n) is 5.50. The van der Waals surface area contributed by atoms with E-state index in [-0.39, 0.29) is 0 Å². The van der Waals surface area contributed by atoms with Gasteiger partial charge < -0.3 is 4.74 Å². The van der Waals surface area contributed by atoms with Crippen LogP contribution in [0.2, 0.25) is 0 Å². The lowest BCUT2D eigenvalue weighted by Gasteiger charge is -2.12. The fourth-order valence-electron chi connectivity index (χ4n) is 1.74. The van der Waals surface area contributed by atoms with Crippen LogP contribution >= 0.6 is 0 Å². The largest absolute Gasteiger partial charge is 0.456 e. The van der Waals surface area contributed by atoms with E-state index in [1.54, 1.807) is 12.1 Å². The zero-order valence-corrected chi connectivity index (χ0v) is 9.94. The molecule has 2 aromatic rings. The third-order valence-electron chi connectivity index (χ3n) is 2.67. The molecule has 0 spiro atoms. The van der Waals surface area contributed by atoms with Crippen LogP contribution < -0.4 is 4.74 Å². The Morgan fingerprint density at radius 3 is 2.24 bits per heavy atom. The van der Waals surface area contributed by atoms with Crippen molar-refractivity contribution in [3.63, 3.8) is 0 Å². The minimum atomic E-state index is 0.565. The molecule has 0 aliphatic rings. The number of carbonyl (C=O) groups is 1. The Hall–Kier alpha value is -2.09. The van der Waals surface area contributed by atoms with Crippen LogP contribution in [-0.2, 0) is 0 Å². The molecule has 2 rings (SSSR count). The molecule has 0 aliphatic carbocycles. The highest BCUT2D eigenvalue weighted by Gasteiger charge is 2.07. The van der Waals surface area contributed by atoms with E-state index in [4.69, 9.17) is 4.74 Å². The molecule has 2 heteroatoms. The summed E-state index contributed by atoms with van der Waals surface area (Å²) in [7, 11) is 0. The number of ether oxygens (including phenoxy) is 1. The van der Waals surface area contributed by atoms with E-state index in [9.17, 15) is 4.79 Å². The lowest BCUT2D eigenvalue weighted by molar-refractivity contribution is 0.112. The quantitative estimate of drug-likeness (QED) is 0.742. The van der Waals surface area contributed by atoms with E-state index in [2.05, 4.69) is 0 Å². The van der Waals surface area contributed by atoms with E-state index in [1.165, 1.54) is 0 Å². The predicted octanol–water partition coefficient (Wildman–Crippen LogP) is 3.91. The molecule has 2 nitrogen and oxygen atoms in total. The Labute approximate surface area is 101 Å². The van der Waals surface area contributed by atoms with Crippen molar-refractivity contribution >= 4 is 6.29 Å². The second kappa shape index (κ2) is 4.83. The van der Waals surface area contributed by atoms with Crippen molar-refractivity contribution in [1.29, 1.82) is 0 Å². The molecule has 0 unspecified atom stereocenters. The monoisotopic (exact) mass is 226 g/mol. The Balaban J connectivity index is 2.41. The Kier molecular flexibility index (Phi) is 3.24. The summed E-state index contributed by atoms with van der Waals surface area (Å²) in [6.07, 6.45) is 0.808. The van der Waals surface area contributed by atoms with Gasteiger partial charge in [-0.05, 0) is 37.1 Å². The fourth-order valence-corrected chi connectivity index (χ4v) is 1.74. The number of aryl methyl sites for hydroxylation is 2. The summed E-state index contributed by atoms with van der Waals surface area (Å²) < 4.78 is 5.83. The van der Waals surface area contributed by atoms with Crippen LogP contribution in [-0.4, -0.2) is 6.29 Å². The number of hydrogen-bond donors (Lipinski definition) is 0. The van der Waals surface area contributed by atoms with Gasteiger partial charge in [-0.1, -0.05) is 30.3 Å². The lowest BCUT2D eigenvalue weighted by Crippen LogP contribution is -1.94. The summed E-state index contributed by atoms with van der Waals surface area (Å²) in [5, 5.41) is 0. The van der Waals surface area contributed by atoms with Crippen molar-refractivity contribution in [2.45, 2.75) is 13.8 Å². The highest BCUT2D eigenvalue weighted by Crippen LogP contribution is 2.29. The molecule has 0 saturated carbocycles. The van der Waals surface area contributed by atoms with Gasteiger partial charge in [-0.25, -0.2) is 0 Å². The normalized spacial score (nSPS) is 10.0. The molecule has 0 N–H and O–H groups in total. The van der Waals surface area contributed by atoms with Gasteiger partial charge in [-0.2, -0.15) is 0 Å². The van der Waals surface area contributed by atoms with Gasteiger partial charge in [0, 0.05) is 0 Å². The first-order chi connectivity index (χ1) is 8.22. The average molecular weight is 226 g/mol. The van der Waals surface area contributed by atoms with E-state index >= 15 is 0 Å². The summed E-state index contributed by atoms with van der Waals surface area (Å²) in [5.74, 6) is 1.42. The smallest absolute Gasteiger partial charge is 0.153 e. The van der Waals surface area contributed by atoms with Crippen LogP contribution in [0.4, 0.5) is 0 Å². The standard InChI is InChI=1S/C15H14O2/c1-11-6-5-7-12(2)15(11)17-14-9-4-3-8-13(14)10-16/h3-10H,1-2H3. The lowest BCUT2D eigenvalue weighted by atomic mass is 10.1. The topological polar surface area (TPSA) is 26.3 Å². The van der Waals surface area contributed by atoms with Crippen molar-refractivity contribution in [2.75, 3.05) is 0 Å². The van der Waals surface area contributed by atoms with Gasteiger partial charge in [0.2, 0.25) is 0 Å². The van der Waals surface area contributed by atoms with Gasteiger partial charge in [0.25, 0.3) is 0 Å². The number of carbonyl (C=O) groups excluding carboxylic acids is 1. The Morgan fingerprint density at radius 1 is 0.941 bits per heavy atom. The summed E-state index contributed by atoms with van der Waals surface area (Å²) >= 11 is 0. The Morgan fingerprint density at radius 2 is 1.59 bits per heavy atom. The molecule has 0 heterocycles. The summed E-state index contributed by atoms with van der Waals surface area (Å²) in [6.45, 7) is 3.98. The molecular formula is C15H14O2. The van der Waals surface area contributed by atoms with Crippen LogP contribution in [0.15, 0.2) is 42.5 Å². The van der Waals surface area contributed by atoms with E-state index in [1.807, 2.05) is 44.2 Å². The van der Waals surface area contributed by atoms with Crippen LogP contribution in [0.1, 0.15) is 21.5 Å². The zero-order valence-electron chi connectivity index (χ0n) is 9.94. The highest BCUT2D eigenvalue weighted by atomic mass is 16.5. The maximum absolute atomic E-state index is 10.9. The van der Waals surface area contributed by atoms with Gasteiger partial charge in [0.15, 0.2) is 6.29 Å². The molecular weight excluding hydrogens is 212 g/mol. The summed E-state index contributed by atoms with van der Waals surface area (Å²) in [4.78, 5) is 10.9. The number of aldehydes is 1. The Bertz CT molecular complexity index is 524. The van der Waals surface area contributed by atoms with Gasteiger partial charge in [-0.15, -0.1) is 0 Å². The highest BCUT2D eigenvalue weighted by molar-refractivity contribution is 5.79. The van der Waals surface area contributed by atoms with Crippen molar-refractivity contribution < 1.29 is 9.53 Å². The first-order valence-corrected chi connectivity index (χ1v) is 5.50. The second-order valence-corrected chi connectivity index (χ2v) is 3.98. The molecule has 0 bridgehead atoms. The summed E-state index contributed by atoms with van der Waals surface area (Å²) in [6, 6.07) is 13.2. The minimum Gasteiger partial charge on any atom is -0.456 e. The van der Waals surface area contributed by atoms with Gasteiger partial charge in [0.1, 0.15) is 11.5 Å². The third kappa shape index (κ3) is 2.36. The van der Waals surface area contributed by atoms with Gasteiger partial charge >= 0.3 is 0 Å². The van der Waals surface area contributed by atoms with E-state index in [0.717, 1.165) is 23.2 Å². The van der Waals surface area contributed by atoms with Crippen molar-refractivity contribution in [3.8, 4) is 11.5 Å². The number of para-hydroxylation sites is 2. The molecule has 0 aliphatic heterocycles. The molecule has 2 aromatic carbocycles. The van der Waals surface area contributed by atoms with Crippen LogP contribution in [0.25, 0.3) is 0 Å². The molecule has 86 valence electrons. The van der Waals surface area contributed by atoms with Crippen LogP contribution in [0.5, 0.6) is 11.5 Å². The van der Waals surface area contributed by atoms with E-state index in [0.29, 0.717) is 11.3 Å². The molecule has 0 radical (unpaired) electrons. The van der Waals surface area contributed by atoms with E-state index < -0.39 is 0 Å². The van der Waals surface area contributed by atoms with Crippen molar-refractivity contribution in [1.82, 2.24) is 0 Å². The number of benzene rings is 2. The second-order valence-electron chi connectivity index (χ2n) is 3.98. The fraction of sp³-hybridized carbons (Fsp3) is 0.133.